The van der Waals surface area contributed by atoms with Crippen LogP contribution in [0.15, 0.2) is 54.6 Å². The van der Waals surface area contributed by atoms with Crippen LogP contribution in [0.3, 0.4) is 0 Å². The number of rotatable bonds is 6. The van der Waals surface area contributed by atoms with E-state index < -0.39 is 0 Å². The first kappa shape index (κ1) is 19.2. The molecule has 0 aliphatic carbocycles. The first-order chi connectivity index (χ1) is 13.5. The number of anilines is 3. The summed E-state index contributed by atoms with van der Waals surface area (Å²) in [5.41, 5.74) is 1.85. The van der Waals surface area contributed by atoms with Crippen LogP contribution in [0.2, 0.25) is 0 Å². The third-order valence-electron chi connectivity index (χ3n) is 4.16. The molecule has 0 aliphatic rings. The van der Waals surface area contributed by atoms with Gasteiger partial charge in [0.15, 0.2) is 11.5 Å². The number of aromatic nitrogens is 2. The molecule has 3 rings (SSSR count). The number of aryl methyl sites for hydroxylation is 1. The van der Waals surface area contributed by atoms with E-state index in [1.54, 1.807) is 51.3 Å². The number of para-hydroxylation sites is 1. The van der Waals surface area contributed by atoms with Crippen molar-refractivity contribution in [1.29, 1.82) is 0 Å². The second-order valence-corrected chi connectivity index (χ2v) is 6.08. The van der Waals surface area contributed by atoms with Crippen LogP contribution in [0.5, 0.6) is 11.5 Å². The van der Waals surface area contributed by atoms with E-state index in [0.717, 1.165) is 11.4 Å². The van der Waals surface area contributed by atoms with Gasteiger partial charge in [-0.1, -0.05) is 18.2 Å². The van der Waals surface area contributed by atoms with Crippen molar-refractivity contribution in [2.45, 2.75) is 6.92 Å². The minimum absolute atomic E-state index is 0.216. The molecule has 0 atom stereocenters. The van der Waals surface area contributed by atoms with E-state index in [2.05, 4.69) is 15.3 Å². The molecule has 0 unspecified atom stereocenters. The summed E-state index contributed by atoms with van der Waals surface area (Å²) in [7, 11) is 4.88. The topological polar surface area (TPSA) is 76.6 Å². The highest BCUT2D eigenvalue weighted by atomic mass is 16.5. The Hall–Kier alpha value is -3.61. The van der Waals surface area contributed by atoms with Gasteiger partial charge >= 0.3 is 0 Å². The highest BCUT2D eigenvalue weighted by molar-refractivity contribution is 6.04. The average molecular weight is 378 g/mol. The van der Waals surface area contributed by atoms with Crippen LogP contribution in [-0.2, 0) is 0 Å². The minimum Gasteiger partial charge on any atom is -0.493 e. The maximum atomic E-state index is 12.9. The van der Waals surface area contributed by atoms with Gasteiger partial charge in [-0.3, -0.25) is 4.79 Å². The lowest BCUT2D eigenvalue weighted by Crippen LogP contribution is -2.27. The second-order valence-electron chi connectivity index (χ2n) is 6.08. The van der Waals surface area contributed by atoms with Gasteiger partial charge in [-0.2, -0.15) is 0 Å². The molecule has 0 bridgehead atoms. The van der Waals surface area contributed by atoms with Gasteiger partial charge in [0, 0.05) is 30.6 Å². The van der Waals surface area contributed by atoms with Crippen molar-refractivity contribution in [1.82, 2.24) is 9.97 Å². The van der Waals surface area contributed by atoms with Crippen LogP contribution in [0, 0.1) is 6.92 Å². The molecular formula is C21H22N4O3. The number of benzene rings is 2. The van der Waals surface area contributed by atoms with Crippen LogP contribution in [0.1, 0.15) is 16.3 Å². The molecule has 0 radical (unpaired) electrons. The molecular weight excluding hydrogens is 356 g/mol. The van der Waals surface area contributed by atoms with Crippen LogP contribution in [0.25, 0.3) is 0 Å². The molecule has 0 fully saturated rings. The zero-order chi connectivity index (χ0) is 20.1. The number of amides is 1. The Kier molecular flexibility index (Phi) is 5.74. The van der Waals surface area contributed by atoms with E-state index >= 15 is 0 Å². The fourth-order valence-electron chi connectivity index (χ4n) is 2.74. The fourth-order valence-corrected chi connectivity index (χ4v) is 2.74. The molecule has 1 amide bonds. The molecule has 1 heterocycles. The molecule has 3 aromatic rings. The molecule has 7 heteroatoms. The molecule has 1 aromatic heterocycles. The van der Waals surface area contributed by atoms with E-state index in [1.165, 1.54) is 0 Å². The van der Waals surface area contributed by atoms with Crippen LogP contribution in [0.4, 0.5) is 17.2 Å². The molecule has 0 saturated carbocycles. The number of carbonyl (C=O) groups excluding carboxylic acids is 1. The third-order valence-corrected chi connectivity index (χ3v) is 4.16. The predicted octanol–water partition coefficient (Wildman–Crippen LogP) is 3.82. The maximum Gasteiger partial charge on any atom is 0.276 e. The summed E-state index contributed by atoms with van der Waals surface area (Å²) < 4.78 is 10.6. The molecule has 0 saturated heterocycles. The van der Waals surface area contributed by atoms with E-state index in [4.69, 9.17) is 9.47 Å². The number of ether oxygens (including phenoxy) is 2. The molecule has 1 N–H and O–H groups in total. The predicted molar refractivity (Wildman–Crippen MR) is 109 cm³/mol. The van der Waals surface area contributed by atoms with Crippen molar-refractivity contribution in [2.75, 3.05) is 31.5 Å². The van der Waals surface area contributed by atoms with Crippen molar-refractivity contribution in [3.05, 3.63) is 66.1 Å². The van der Waals surface area contributed by atoms with E-state index in [0.29, 0.717) is 28.8 Å². The van der Waals surface area contributed by atoms with Gasteiger partial charge in [-0.15, -0.1) is 0 Å². The van der Waals surface area contributed by atoms with E-state index in [1.807, 2.05) is 36.4 Å². The van der Waals surface area contributed by atoms with Gasteiger partial charge in [-0.05, 0) is 31.2 Å². The van der Waals surface area contributed by atoms with Crippen LogP contribution >= 0.6 is 0 Å². The highest BCUT2D eigenvalue weighted by Gasteiger charge is 2.17. The number of nitrogens with zero attached hydrogens (tertiary/aromatic N) is 3. The quantitative estimate of drug-likeness (QED) is 0.703. The largest absolute Gasteiger partial charge is 0.493 e. The second kappa shape index (κ2) is 8.39. The Morgan fingerprint density at radius 1 is 0.964 bits per heavy atom. The van der Waals surface area contributed by atoms with Gasteiger partial charge in [0.1, 0.15) is 17.3 Å². The number of nitrogens with one attached hydrogen (secondary N) is 1. The average Bonchev–Trinajstić information content (AvgIpc) is 2.72. The van der Waals surface area contributed by atoms with Crippen LogP contribution in [-0.4, -0.2) is 37.1 Å². The van der Waals surface area contributed by atoms with Crippen molar-refractivity contribution < 1.29 is 14.3 Å². The van der Waals surface area contributed by atoms with Gasteiger partial charge < -0.3 is 19.7 Å². The van der Waals surface area contributed by atoms with Crippen molar-refractivity contribution in [3.63, 3.8) is 0 Å². The normalized spacial score (nSPS) is 10.3. The molecule has 0 aliphatic heterocycles. The zero-order valence-corrected chi connectivity index (χ0v) is 16.3. The summed E-state index contributed by atoms with van der Waals surface area (Å²) in [6, 6.07) is 16.5. The third kappa shape index (κ3) is 4.20. The van der Waals surface area contributed by atoms with Gasteiger partial charge in [-0.25, -0.2) is 9.97 Å². The highest BCUT2D eigenvalue weighted by Crippen LogP contribution is 2.31. The first-order valence-electron chi connectivity index (χ1n) is 8.69. The van der Waals surface area contributed by atoms with E-state index in [9.17, 15) is 4.79 Å². The van der Waals surface area contributed by atoms with E-state index in [-0.39, 0.29) is 5.91 Å². The molecule has 28 heavy (non-hydrogen) atoms. The fraction of sp³-hybridized carbons (Fsp3) is 0.190. The molecule has 0 spiro atoms. The monoisotopic (exact) mass is 378 g/mol. The number of methoxy groups -OCH3 is 2. The van der Waals surface area contributed by atoms with Gasteiger partial charge in [0.05, 0.1) is 14.2 Å². The summed E-state index contributed by atoms with van der Waals surface area (Å²) in [6.45, 7) is 1.75. The molecule has 144 valence electrons. The molecule has 7 nitrogen and oxygen atoms in total. The Morgan fingerprint density at radius 2 is 1.68 bits per heavy atom. The van der Waals surface area contributed by atoms with Crippen molar-refractivity contribution >= 4 is 23.1 Å². The summed E-state index contributed by atoms with van der Waals surface area (Å²) >= 11 is 0. The summed E-state index contributed by atoms with van der Waals surface area (Å²) in [4.78, 5) is 23.1. The SMILES string of the molecule is COc1ccc(Nc2cc(C(=O)N(C)c3ccccc3)nc(C)n2)cc1OC. The maximum absolute atomic E-state index is 12.9. The molecule has 2 aromatic carbocycles. The van der Waals surface area contributed by atoms with Crippen LogP contribution < -0.4 is 19.7 Å². The summed E-state index contributed by atoms with van der Waals surface area (Å²) in [5.74, 6) is 2.03. The number of hydrogen-bond acceptors (Lipinski definition) is 6. The Balaban J connectivity index is 1.86. The lowest BCUT2D eigenvalue weighted by Gasteiger charge is -2.17. The lowest BCUT2D eigenvalue weighted by atomic mass is 10.2. The standard InChI is InChI=1S/C21H22N4O3/c1-14-22-17(21(26)25(2)16-8-6-5-7-9-16)13-20(23-14)24-15-10-11-18(27-3)19(12-15)28-4/h5-13H,1-4H3,(H,22,23,24). The Morgan fingerprint density at radius 3 is 2.36 bits per heavy atom. The minimum atomic E-state index is -0.216. The summed E-state index contributed by atoms with van der Waals surface area (Å²) in [5, 5.41) is 3.19. The van der Waals surface area contributed by atoms with Gasteiger partial charge in [0.2, 0.25) is 0 Å². The Labute approximate surface area is 164 Å². The number of hydrogen-bond donors (Lipinski definition) is 1. The van der Waals surface area contributed by atoms with Crippen molar-refractivity contribution in [3.8, 4) is 11.5 Å². The smallest absolute Gasteiger partial charge is 0.276 e. The van der Waals surface area contributed by atoms with Gasteiger partial charge in [0.25, 0.3) is 5.91 Å². The Bertz CT molecular complexity index is 977. The number of carbonyl (C=O) groups is 1. The van der Waals surface area contributed by atoms with Crippen molar-refractivity contribution in [2.24, 2.45) is 0 Å². The first-order valence-corrected chi connectivity index (χ1v) is 8.69. The zero-order valence-electron chi connectivity index (χ0n) is 16.3. The lowest BCUT2D eigenvalue weighted by molar-refractivity contribution is 0.0988. The summed E-state index contributed by atoms with van der Waals surface area (Å²) in [6.07, 6.45) is 0.